The molecule has 0 saturated carbocycles. The zero-order chi connectivity index (χ0) is 13.0. The lowest BCUT2D eigenvalue weighted by molar-refractivity contribution is 0.410. The number of terminal acetylenes is 1. The number of rotatable bonds is 3. The van der Waals surface area contributed by atoms with Crippen LogP contribution in [0.2, 0.25) is 0 Å². The molecule has 2 aromatic rings. The van der Waals surface area contributed by atoms with Crippen LogP contribution in [-0.4, -0.2) is 14.2 Å². The van der Waals surface area contributed by atoms with Crippen LogP contribution in [0.4, 0.5) is 0 Å². The summed E-state index contributed by atoms with van der Waals surface area (Å²) < 4.78 is 10.7. The van der Waals surface area contributed by atoms with Gasteiger partial charge in [-0.3, -0.25) is 0 Å². The molecule has 0 atom stereocenters. The topological polar surface area (TPSA) is 18.5 Å². The van der Waals surface area contributed by atoms with Crippen LogP contribution in [0.3, 0.4) is 0 Å². The van der Waals surface area contributed by atoms with Gasteiger partial charge in [0, 0.05) is 16.7 Å². The van der Waals surface area contributed by atoms with Crippen molar-refractivity contribution in [1.29, 1.82) is 0 Å². The highest BCUT2D eigenvalue weighted by atomic mass is 16.5. The molecule has 0 bridgehead atoms. The van der Waals surface area contributed by atoms with Crippen molar-refractivity contribution in [1.82, 2.24) is 0 Å². The predicted molar refractivity (Wildman–Crippen MR) is 72.9 cm³/mol. The number of para-hydroxylation sites is 1. The molecular weight excluding hydrogens is 224 g/mol. The number of ether oxygens (including phenoxy) is 2. The van der Waals surface area contributed by atoms with Gasteiger partial charge >= 0.3 is 0 Å². The predicted octanol–water partition coefficient (Wildman–Crippen LogP) is 3.35. The van der Waals surface area contributed by atoms with Crippen LogP contribution in [0.25, 0.3) is 11.1 Å². The van der Waals surface area contributed by atoms with Crippen LogP contribution in [0, 0.1) is 12.3 Å². The van der Waals surface area contributed by atoms with Gasteiger partial charge in [-0.1, -0.05) is 24.1 Å². The normalized spacial score (nSPS) is 9.61. The molecule has 2 rings (SSSR count). The van der Waals surface area contributed by atoms with Crippen LogP contribution in [0.1, 0.15) is 5.56 Å². The summed E-state index contributed by atoms with van der Waals surface area (Å²) in [7, 11) is 3.29. The Kier molecular flexibility index (Phi) is 3.54. The highest BCUT2D eigenvalue weighted by molar-refractivity contribution is 5.77. The molecule has 0 fully saturated rings. The fraction of sp³-hybridized carbons (Fsp3) is 0.125. The molecule has 0 spiro atoms. The Labute approximate surface area is 107 Å². The van der Waals surface area contributed by atoms with E-state index in [4.69, 9.17) is 15.9 Å². The van der Waals surface area contributed by atoms with Crippen molar-refractivity contribution in [2.24, 2.45) is 0 Å². The van der Waals surface area contributed by atoms with Crippen LogP contribution < -0.4 is 9.47 Å². The number of methoxy groups -OCH3 is 2. The van der Waals surface area contributed by atoms with E-state index in [0.29, 0.717) is 0 Å². The summed E-state index contributed by atoms with van der Waals surface area (Å²) in [4.78, 5) is 0. The van der Waals surface area contributed by atoms with E-state index < -0.39 is 0 Å². The van der Waals surface area contributed by atoms with Gasteiger partial charge in [0.1, 0.15) is 11.5 Å². The summed E-state index contributed by atoms with van der Waals surface area (Å²) in [5, 5.41) is 0. The highest BCUT2D eigenvalue weighted by Crippen LogP contribution is 2.36. The van der Waals surface area contributed by atoms with Crippen molar-refractivity contribution in [2.45, 2.75) is 0 Å². The van der Waals surface area contributed by atoms with E-state index in [0.717, 1.165) is 28.2 Å². The minimum absolute atomic E-state index is 0.776. The summed E-state index contributed by atoms with van der Waals surface area (Å²) in [6.07, 6.45) is 5.44. The van der Waals surface area contributed by atoms with Gasteiger partial charge < -0.3 is 9.47 Å². The van der Waals surface area contributed by atoms with Gasteiger partial charge in [0.15, 0.2) is 0 Å². The van der Waals surface area contributed by atoms with Gasteiger partial charge in [-0.15, -0.1) is 6.42 Å². The molecule has 0 aliphatic rings. The second kappa shape index (κ2) is 5.29. The molecule has 0 N–H and O–H groups in total. The van der Waals surface area contributed by atoms with Crippen LogP contribution in [-0.2, 0) is 0 Å². The van der Waals surface area contributed by atoms with Crippen molar-refractivity contribution in [2.75, 3.05) is 14.2 Å². The van der Waals surface area contributed by atoms with Gasteiger partial charge in [-0.05, 0) is 24.3 Å². The number of hydrogen-bond donors (Lipinski definition) is 0. The molecule has 18 heavy (non-hydrogen) atoms. The maximum absolute atomic E-state index is 5.44. The molecule has 0 saturated heterocycles. The Balaban J connectivity index is 2.65. The second-order valence-corrected chi connectivity index (χ2v) is 3.76. The molecule has 0 heterocycles. The van der Waals surface area contributed by atoms with E-state index in [1.54, 1.807) is 14.2 Å². The van der Waals surface area contributed by atoms with Crippen molar-refractivity contribution in [3.05, 3.63) is 48.0 Å². The van der Waals surface area contributed by atoms with E-state index in [1.165, 1.54) is 0 Å². The molecule has 0 amide bonds. The van der Waals surface area contributed by atoms with Crippen molar-refractivity contribution in [3.8, 4) is 35.0 Å². The van der Waals surface area contributed by atoms with Crippen LogP contribution >= 0.6 is 0 Å². The molecule has 0 radical (unpaired) electrons. The molecule has 0 unspecified atom stereocenters. The Bertz CT molecular complexity index is 594. The number of benzene rings is 2. The quantitative estimate of drug-likeness (QED) is 0.763. The van der Waals surface area contributed by atoms with Gasteiger partial charge in [0.05, 0.1) is 14.2 Å². The largest absolute Gasteiger partial charge is 0.496 e. The second-order valence-electron chi connectivity index (χ2n) is 3.76. The van der Waals surface area contributed by atoms with Crippen LogP contribution in [0.5, 0.6) is 11.5 Å². The zero-order valence-corrected chi connectivity index (χ0v) is 10.4. The molecule has 2 aromatic carbocycles. The SMILES string of the molecule is C#Cc1ccc(OC)c(-c2ccccc2OC)c1. The molecule has 0 aliphatic heterocycles. The highest BCUT2D eigenvalue weighted by Gasteiger charge is 2.10. The third-order valence-corrected chi connectivity index (χ3v) is 2.76. The summed E-state index contributed by atoms with van der Waals surface area (Å²) in [5.74, 6) is 4.20. The average molecular weight is 238 g/mol. The van der Waals surface area contributed by atoms with Crippen molar-refractivity contribution >= 4 is 0 Å². The van der Waals surface area contributed by atoms with Gasteiger partial charge in [0.2, 0.25) is 0 Å². The van der Waals surface area contributed by atoms with E-state index in [9.17, 15) is 0 Å². The van der Waals surface area contributed by atoms with E-state index >= 15 is 0 Å². The summed E-state index contributed by atoms with van der Waals surface area (Å²) in [6, 6.07) is 13.4. The molecule has 0 aromatic heterocycles. The lowest BCUT2D eigenvalue weighted by Crippen LogP contribution is -1.92. The first-order valence-electron chi connectivity index (χ1n) is 5.58. The first-order chi connectivity index (χ1) is 8.80. The summed E-state index contributed by atoms with van der Waals surface area (Å²) in [6.45, 7) is 0. The fourth-order valence-corrected chi connectivity index (χ4v) is 1.88. The Morgan fingerprint density at radius 3 is 2.22 bits per heavy atom. The molecule has 0 aliphatic carbocycles. The molecular formula is C16H14O2. The Morgan fingerprint density at radius 2 is 1.56 bits per heavy atom. The monoisotopic (exact) mass is 238 g/mol. The minimum atomic E-state index is 0.776. The Morgan fingerprint density at radius 1 is 0.889 bits per heavy atom. The molecule has 2 nitrogen and oxygen atoms in total. The van der Waals surface area contributed by atoms with E-state index in [2.05, 4.69) is 5.92 Å². The van der Waals surface area contributed by atoms with E-state index in [1.807, 2.05) is 42.5 Å². The van der Waals surface area contributed by atoms with Gasteiger partial charge in [-0.25, -0.2) is 0 Å². The standard InChI is InChI=1S/C16H14O2/c1-4-12-9-10-16(18-3)14(11-12)13-7-5-6-8-15(13)17-2/h1,5-11H,2-3H3. The average Bonchev–Trinajstić information content (AvgIpc) is 2.46. The maximum Gasteiger partial charge on any atom is 0.126 e. The maximum atomic E-state index is 5.44. The lowest BCUT2D eigenvalue weighted by atomic mass is 10.0. The summed E-state index contributed by atoms with van der Waals surface area (Å²) in [5.41, 5.74) is 2.72. The molecule has 90 valence electrons. The third kappa shape index (κ3) is 2.16. The van der Waals surface area contributed by atoms with Gasteiger partial charge in [-0.2, -0.15) is 0 Å². The lowest BCUT2D eigenvalue weighted by Gasteiger charge is -2.12. The zero-order valence-electron chi connectivity index (χ0n) is 10.4. The first kappa shape index (κ1) is 12.1. The minimum Gasteiger partial charge on any atom is -0.496 e. The number of hydrogen-bond acceptors (Lipinski definition) is 2. The fourth-order valence-electron chi connectivity index (χ4n) is 1.88. The first-order valence-corrected chi connectivity index (χ1v) is 5.58. The van der Waals surface area contributed by atoms with Crippen molar-refractivity contribution in [3.63, 3.8) is 0 Å². The van der Waals surface area contributed by atoms with E-state index in [-0.39, 0.29) is 0 Å². The molecule has 2 heteroatoms. The Hall–Kier alpha value is -2.40. The van der Waals surface area contributed by atoms with Crippen molar-refractivity contribution < 1.29 is 9.47 Å². The smallest absolute Gasteiger partial charge is 0.126 e. The van der Waals surface area contributed by atoms with Crippen LogP contribution in [0.15, 0.2) is 42.5 Å². The van der Waals surface area contributed by atoms with Gasteiger partial charge in [0.25, 0.3) is 0 Å². The summed E-state index contributed by atoms with van der Waals surface area (Å²) >= 11 is 0. The third-order valence-electron chi connectivity index (χ3n) is 2.76.